The van der Waals surface area contributed by atoms with Crippen molar-refractivity contribution < 1.29 is 9.53 Å². The summed E-state index contributed by atoms with van der Waals surface area (Å²) in [7, 11) is 3.87. The van der Waals surface area contributed by atoms with Gasteiger partial charge in [-0.1, -0.05) is 30.3 Å². The number of hydrogen-bond acceptors (Lipinski definition) is 5. The maximum Gasteiger partial charge on any atom is 0.273 e. The largest absolute Gasteiger partial charge is 0.373 e. The van der Waals surface area contributed by atoms with Crippen LogP contribution in [0.25, 0.3) is 0 Å². The summed E-state index contributed by atoms with van der Waals surface area (Å²) < 4.78 is 6.00. The van der Waals surface area contributed by atoms with Crippen molar-refractivity contribution in [2.24, 2.45) is 0 Å². The van der Waals surface area contributed by atoms with E-state index in [4.69, 9.17) is 4.74 Å². The molecule has 2 atom stereocenters. The van der Waals surface area contributed by atoms with Crippen LogP contribution in [-0.4, -0.2) is 65.6 Å². The molecule has 1 aliphatic heterocycles. The topological polar surface area (TPSA) is 58.6 Å². The van der Waals surface area contributed by atoms with Crippen LogP contribution < -0.4 is 0 Å². The monoisotopic (exact) mass is 326 g/mol. The molecular formula is C18H22N4O2. The lowest BCUT2D eigenvalue weighted by atomic mass is 9.98. The van der Waals surface area contributed by atoms with Crippen LogP contribution in [0, 0.1) is 0 Å². The summed E-state index contributed by atoms with van der Waals surface area (Å²) in [6.07, 6.45) is 4.48. The minimum Gasteiger partial charge on any atom is -0.373 e. The zero-order chi connectivity index (χ0) is 16.9. The van der Waals surface area contributed by atoms with Crippen molar-refractivity contribution in [3.8, 4) is 0 Å². The summed E-state index contributed by atoms with van der Waals surface area (Å²) in [5.41, 5.74) is 1.55. The van der Waals surface area contributed by atoms with Crippen LogP contribution in [0.4, 0.5) is 0 Å². The first-order valence-electron chi connectivity index (χ1n) is 8.05. The standard InChI is InChI=1S/C18H22N4O2/c1-21-10-11-24-16(17(21)14-6-4-3-5-7-14)13-22(2)18(23)15-12-19-8-9-20-15/h3-9,12,16-17H,10-11,13H2,1-2H3/t16-,17-/m0/s1. The van der Waals surface area contributed by atoms with Crippen molar-refractivity contribution in [2.75, 3.05) is 33.8 Å². The number of morpholine rings is 1. The quantitative estimate of drug-likeness (QED) is 0.854. The highest BCUT2D eigenvalue weighted by Gasteiger charge is 2.33. The van der Waals surface area contributed by atoms with Gasteiger partial charge in [-0.15, -0.1) is 0 Å². The number of hydrogen-bond donors (Lipinski definition) is 0. The number of aromatic nitrogens is 2. The molecule has 0 N–H and O–H groups in total. The van der Waals surface area contributed by atoms with E-state index < -0.39 is 0 Å². The molecule has 0 radical (unpaired) electrons. The highest BCUT2D eigenvalue weighted by molar-refractivity contribution is 5.91. The smallest absolute Gasteiger partial charge is 0.273 e. The molecule has 0 aliphatic carbocycles. The van der Waals surface area contributed by atoms with Crippen LogP contribution in [0.1, 0.15) is 22.1 Å². The summed E-state index contributed by atoms with van der Waals surface area (Å²) in [6.45, 7) is 2.04. The Morgan fingerprint density at radius 3 is 2.83 bits per heavy atom. The van der Waals surface area contributed by atoms with E-state index in [1.165, 1.54) is 18.0 Å². The fraction of sp³-hybridized carbons (Fsp3) is 0.389. The van der Waals surface area contributed by atoms with Gasteiger partial charge in [0, 0.05) is 32.5 Å². The number of likely N-dealkylation sites (N-methyl/N-ethyl adjacent to an activating group) is 2. The number of ether oxygens (including phenoxy) is 1. The van der Waals surface area contributed by atoms with Crippen molar-refractivity contribution in [2.45, 2.75) is 12.1 Å². The molecule has 1 saturated heterocycles. The van der Waals surface area contributed by atoms with Crippen molar-refractivity contribution in [1.29, 1.82) is 0 Å². The molecule has 0 saturated carbocycles. The maximum absolute atomic E-state index is 12.5. The minimum atomic E-state index is -0.147. The number of amides is 1. The van der Waals surface area contributed by atoms with Crippen LogP contribution >= 0.6 is 0 Å². The molecule has 126 valence electrons. The van der Waals surface area contributed by atoms with Gasteiger partial charge in [-0.3, -0.25) is 14.7 Å². The zero-order valence-electron chi connectivity index (χ0n) is 14.0. The van der Waals surface area contributed by atoms with E-state index in [0.717, 1.165) is 6.54 Å². The van der Waals surface area contributed by atoms with Gasteiger partial charge in [0.2, 0.25) is 0 Å². The predicted octanol–water partition coefficient (Wildman–Crippen LogP) is 1.62. The Morgan fingerprint density at radius 2 is 2.12 bits per heavy atom. The summed E-state index contributed by atoms with van der Waals surface area (Å²) in [4.78, 5) is 24.5. The van der Waals surface area contributed by atoms with Crippen LogP contribution in [0.3, 0.4) is 0 Å². The highest BCUT2D eigenvalue weighted by atomic mass is 16.5. The molecular weight excluding hydrogens is 304 g/mol. The van der Waals surface area contributed by atoms with Crippen LogP contribution in [0.5, 0.6) is 0 Å². The Labute approximate surface area is 142 Å². The van der Waals surface area contributed by atoms with E-state index in [1.54, 1.807) is 18.1 Å². The van der Waals surface area contributed by atoms with E-state index in [2.05, 4.69) is 34.0 Å². The first-order chi connectivity index (χ1) is 11.7. The van der Waals surface area contributed by atoms with E-state index in [1.807, 2.05) is 18.2 Å². The van der Waals surface area contributed by atoms with Crippen LogP contribution in [0.2, 0.25) is 0 Å². The fourth-order valence-corrected chi connectivity index (χ4v) is 3.09. The zero-order valence-corrected chi connectivity index (χ0v) is 14.0. The van der Waals surface area contributed by atoms with E-state index >= 15 is 0 Å². The molecule has 24 heavy (non-hydrogen) atoms. The Kier molecular flexibility index (Phi) is 5.17. The molecule has 1 aromatic heterocycles. The Hall–Kier alpha value is -2.31. The van der Waals surface area contributed by atoms with Crippen molar-refractivity contribution in [3.05, 3.63) is 60.2 Å². The van der Waals surface area contributed by atoms with Gasteiger partial charge in [0.1, 0.15) is 5.69 Å². The van der Waals surface area contributed by atoms with Gasteiger partial charge in [-0.25, -0.2) is 4.98 Å². The second-order valence-corrected chi connectivity index (χ2v) is 6.02. The Balaban J connectivity index is 1.75. The minimum absolute atomic E-state index is 0.0863. The number of carbonyl (C=O) groups excluding carboxylic acids is 1. The molecule has 0 spiro atoms. The number of carbonyl (C=O) groups is 1. The predicted molar refractivity (Wildman–Crippen MR) is 90.5 cm³/mol. The normalized spacial score (nSPS) is 21.4. The molecule has 2 aromatic rings. The number of rotatable bonds is 4. The molecule has 1 aliphatic rings. The molecule has 1 amide bonds. The van der Waals surface area contributed by atoms with Gasteiger partial charge >= 0.3 is 0 Å². The van der Waals surface area contributed by atoms with Crippen LogP contribution in [0.15, 0.2) is 48.9 Å². The molecule has 1 fully saturated rings. The first-order valence-corrected chi connectivity index (χ1v) is 8.05. The van der Waals surface area contributed by atoms with E-state index in [-0.39, 0.29) is 18.1 Å². The molecule has 3 rings (SSSR count). The fourth-order valence-electron chi connectivity index (χ4n) is 3.09. The average Bonchev–Trinajstić information content (AvgIpc) is 2.62. The van der Waals surface area contributed by atoms with Gasteiger partial charge in [0.25, 0.3) is 5.91 Å². The lowest BCUT2D eigenvalue weighted by Crippen LogP contribution is -2.48. The van der Waals surface area contributed by atoms with E-state index in [0.29, 0.717) is 18.8 Å². The maximum atomic E-state index is 12.5. The van der Waals surface area contributed by atoms with Gasteiger partial charge in [-0.2, -0.15) is 0 Å². The second kappa shape index (κ2) is 7.51. The molecule has 6 nitrogen and oxygen atoms in total. The third-order valence-corrected chi connectivity index (χ3v) is 4.33. The van der Waals surface area contributed by atoms with Crippen molar-refractivity contribution in [1.82, 2.24) is 19.8 Å². The summed E-state index contributed by atoms with van der Waals surface area (Å²) >= 11 is 0. The van der Waals surface area contributed by atoms with Gasteiger partial charge in [0.15, 0.2) is 0 Å². The van der Waals surface area contributed by atoms with E-state index in [9.17, 15) is 4.79 Å². The third-order valence-electron chi connectivity index (χ3n) is 4.33. The number of nitrogens with zero attached hydrogens (tertiary/aromatic N) is 4. The van der Waals surface area contributed by atoms with Crippen molar-refractivity contribution in [3.63, 3.8) is 0 Å². The molecule has 0 unspecified atom stereocenters. The second-order valence-electron chi connectivity index (χ2n) is 6.02. The molecule has 2 heterocycles. The van der Waals surface area contributed by atoms with Gasteiger partial charge in [0.05, 0.1) is 24.9 Å². The third kappa shape index (κ3) is 3.60. The summed E-state index contributed by atoms with van der Waals surface area (Å²) in [5, 5.41) is 0. The summed E-state index contributed by atoms with van der Waals surface area (Å²) in [6, 6.07) is 10.4. The van der Waals surface area contributed by atoms with Gasteiger partial charge < -0.3 is 9.64 Å². The van der Waals surface area contributed by atoms with Gasteiger partial charge in [-0.05, 0) is 12.6 Å². The number of benzene rings is 1. The summed E-state index contributed by atoms with van der Waals surface area (Å²) in [5.74, 6) is -0.147. The van der Waals surface area contributed by atoms with Crippen molar-refractivity contribution >= 4 is 5.91 Å². The average molecular weight is 326 g/mol. The Morgan fingerprint density at radius 1 is 1.33 bits per heavy atom. The SMILES string of the molecule is CN(C[C@@H]1OCCN(C)[C@H]1c1ccccc1)C(=O)c1cnccn1. The first kappa shape index (κ1) is 16.5. The van der Waals surface area contributed by atoms with Crippen LogP contribution in [-0.2, 0) is 4.74 Å². The highest BCUT2D eigenvalue weighted by Crippen LogP contribution is 2.28. The molecule has 0 bridgehead atoms. The Bertz CT molecular complexity index is 665. The lowest BCUT2D eigenvalue weighted by Gasteiger charge is -2.40. The molecule has 1 aromatic carbocycles. The lowest BCUT2D eigenvalue weighted by molar-refractivity contribution is -0.0708. The molecule has 6 heteroatoms.